The molecule has 1 saturated heterocycles. The van der Waals surface area contributed by atoms with Crippen molar-refractivity contribution in [2.75, 3.05) is 17.2 Å². The molecule has 0 amide bonds. The topological polar surface area (TPSA) is 63.9 Å². The number of nitrogens with two attached hydrogens (primary N) is 1. The number of benzene rings is 1. The van der Waals surface area contributed by atoms with Gasteiger partial charge in [-0.3, -0.25) is 5.10 Å². The van der Waals surface area contributed by atoms with E-state index < -0.39 is 0 Å². The Morgan fingerprint density at radius 3 is 3.11 bits per heavy atom. The summed E-state index contributed by atoms with van der Waals surface area (Å²) in [6, 6.07) is 8.00. The Labute approximate surface area is 110 Å². The van der Waals surface area contributed by atoms with Gasteiger partial charge in [0.15, 0.2) is 0 Å². The van der Waals surface area contributed by atoms with Crippen molar-refractivity contribution < 1.29 is 4.74 Å². The fourth-order valence-corrected chi connectivity index (χ4v) is 3.16. The molecule has 1 atom stereocenters. The largest absolute Gasteiger partial charge is 0.490 e. The Kier molecular flexibility index (Phi) is 3.15. The van der Waals surface area contributed by atoms with E-state index in [-0.39, 0.29) is 0 Å². The molecule has 1 aliphatic rings. The highest BCUT2D eigenvalue weighted by atomic mass is 32.2. The van der Waals surface area contributed by atoms with Gasteiger partial charge in [-0.1, -0.05) is 12.1 Å². The molecule has 1 fully saturated rings. The van der Waals surface area contributed by atoms with Crippen molar-refractivity contribution >= 4 is 17.6 Å². The first-order valence-electron chi connectivity index (χ1n) is 5.96. The number of nitrogens with one attached hydrogen (secondary N) is 1. The summed E-state index contributed by atoms with van der Waals surface area (Å²) in [6.45, 7) is 0. The molecule has 0 spiro atoms. The highest BCUT2D eigenvalue weighted by Crippen LogP contribution is 2.29. The number of hydrogen-bond acceptors (Lipinski definition) is 4. The molecule has 1 aromatic heterocycles. The molecule has 0 bridgehead atoms. The van der Waals surface area contributed by atoms with Gasteiger partial charge in [0, 0.05) is 11.3 Å². The molecule has 0 aliphatic carbocycles. The number of anilines is 1. The summed E-state index contributed by atoms with van der Waals surface area (Å²) in [5.41, 5.74) is 7.77. The summed E-state index contributed by atoms with van der Waals surface area (Å²) in [5.74, 6) is 3.76. The normalized spacial score (nSPS) is 19.0. The maximum Gasteiger partial charge on any atom is 0.126 e. The fourth-order valence-electron chi connectivity index (χ4n) is 2.06. The fraction of sp³-hybridized carbons (Fsp3) is 0.308. The number of hydrogen-bond donors (Lipinski definition) is 2. The summed E-state index contributed by atoms with van der Waals surface area (Å²) < 4.78 is 5.96. The average Bonchev–Trinajstić information content (AvgIpc) is 3.01. The van der Waals surface area contributed by atoms with E-state index in [4.69, 9.17) is 10.5 Å². The summed E-state index contributed by atoms with van der Waals surface area (Å²) in [7, 11) is 0. The lowest BCUT2D eigenvalue weighted by Gasteiger charge is -2.13. The quantitative estimate of drug-likeness (QED) is 0.891. The van der Waals surface area contributed by atoms with E-state index in [1.807, 2.05) is 36.0 Å². The van der Waals surface area contributed by atoms with Crippen molar-refractivity contribution in [3.8, 4) is 16.9 Å². The third-order valence-electron chi connectivity index (χ3n) is 3.00. The maximum absolute atomic E-state index is 5.96. The van der Waals surface area contributed by atoms with Crippen LogP contribution in [0.2, 0.25) is 0 Å². The van der Waals surface area contributed by atoms with Gasteiger partial charge < -0.3 is 10.5 Å². The van der Waals surface area contributed by atoms with Crippen molar-refractivity contribution in [2.45, 2.75) is 12.5 Å². The van der Waals surface area contributed by atoms with Crippen molar-refractivity contribution in [3.05, 3.63) is 30.5 Å². The summed E-state index contributed by atoms with van der Waals surface area (Å²) in [4.78, 5) is 0. The predicted octanol–water partition coefficient (Wildman–Crippen LogP) is 2.54. The van der Waals surface area contributed by atoms with Crippen LogP contribution < -0.4 is 10.5 Å². The van der Waals surface area contributed by atoms with Crippen LogP contribution in [0.5, 0.6) is 5.75 Å². The van der Waals surface area contributed by atoms with Crippen molar-refractivity contribution in [1.82, 2.24) is 10.2 Å². The van der Waals surface area contributed by atoms with Gasteiger partial charge in [0.1, 0.15) is 17.7 Å². The molecule has 1 aliphatic heterocycles. The monoisotopic (exact) mass is 261 g/mol. The molecule has 0 saturated carbocycles. The van der Waals surface area contributed by atoms with Crippen LogP contribution in [0, 0.1) is 0 Å². The molecular weight excluding hydrogens is 246 g/mol. The highest BCUT2D eigenvalue weighted by molar-refractivity contribution is 7.99. The van der Waals surface area contributed by atoms with Gasteiger partial charge in [-0.25, -0.2) is 0 Å². The second-order valence-corrected chi connectivity index (χ2v) is 5.48. The smallest absolute Gasteiger partial charge is 0.126 e. The number of rotatable bonds is 3. The van der Waals surface area contributed by atoms with E-state index in [0.717, 1.165) is 29.1 Å². The SMILES string of the molecule is Nc1[nH]ncc1-c1cccc(OC2CCSC2)c1. The van der Waals surface area contributed by atoms with Crippen LogP contribution in [0.4, 0.5) is 5.82 Å². The molecule has 2 aromatic rings. The number of nitrogens with zero attached hydrogens (tertiary/aromatic N) is 1. The zero-order chi connectivity index (χ0) is 12.4. The molecule has 5 heteroatoms. The number of H-pyrrole nitrogens is 1. The Bertz CT molecular complexity index is 535. The van der Waals surface area contributed by atoms with E-state index in [1.165, 1.54) is 5.75 Å². The third kappa shape index (κ3) is 2.31. The standard InChI is InChI=1S/C13H15N3OS/c14-13-12(7-15-16-13)9-2-1-3-10(6-9)17-11-4-5-18-8-11/h1-3,6-7,11H,4-5,8H2,(H3,14,15,16). The van der Waals surface area contributed by atoms with E-state index in [2.05, 4.69) is 10.2 Å². The number of aromatic nitrogens is 2. The van der Waals surface area contributed by atoms with Crippen LogP contribution in [-0.2, 0) is 0 Å². The van der Waals surface area contributed by atoms with Gasteiger partial charge in [0.2, 0.25) is 0 Å². The molecule has 94 valence electrons. The van der Waals surface area contributed by atoms with Gasteiger partial charge in [-0.15, -0.1) is 0 Å². The Hall–Kier alpha value is -1.62. The third-order valence-corrected chi connectivity index (χ3v) is 4.14. The Morgan fingerprint density at radius 2 is 2.39 bits per heavy atom. The van der Waals surface area contributed by atoms with Crippen LogP contribution in [0.3, 0.4) is 0 Å². The van der Waals surface area contributed by atoms with Crippen LogP contribution in [0.1, 0.15) is 6.42 Å². The zero-order valence-electron chi connectivity index (χ0n) is 9.93. The van der Waals surface area contributed by atoms with Gasteiger partial charge in [-0.2, -0.15) is 16.9 Å². The maximum atomic E-state index is 5.96. The molecule has 1 unspecified atom stereocenters. The van der Waals surface area contributed by atoms with Gasteiger partial charge in [0.25, 0.3) is 0 Å². The second-order valence-electron chi connectivity index (χ2n) is 4.33. The van der Waals surface area contributed by atoms with Crippen LogP contribution >= 0.6 is 11.8 Å². The number of aromatic amines is 1. The van der Waals surface area contributed by atoms with Crippen molar-refractivity contribution in [3.63, 3.8) is 0 Å². The minimum absolute atomic E-state index is 0.340. The zero-order valence-corrected chi connectivity index (χ0v) is 10.7. The molecule has 4 nitrogen and oxygen atoms in total. The van der Waals surface area contributed by atoms with E-state index >= 15 is 0 Å². The average molecular weight is 261 g/mol. The molecular formula is C13H15N3OS. The van der Waals surface area contributed by atoms with Gasteiger partial charge in [-0.05, 0) is 29.9 Å². The predicted molar refractivity (Wildman–Crippen MR) is 74.8 cm³/mol. The van der Waals surface area contributed by atoms with Gasteiger partial charge >= 0.3 is 0 Å². The first-order valence-corrected chi connectivity index (χ1v) is 7.12. The van der Waals surface area contributed by atoms with Crippen molar-refractivity contribution in [2.24, 2.45) is 0 Å². The van der Waals surface area contributed by atoms with E-state index in [1.54, 1.807) is 6.20 Å². The molecule has 1 aromatic carbocycles. The summed E-state index contributed by atoms with van der Waals surface area (Å²) in [5, 5.41) is 6.68. The van der Waals surface area contributed by atoms with E-state index in [0.29, 0.717) is 11.9 Å². The first-order chi connectivity index (χ1) is 8.83. The van der Waals surface area contributed by atoms with Crippen LogP contribution in [0.15, 0.2) is 30.5 Å². The lowest BCUT2D eigenvalue weighted by molar-refractivity contribution is 0.229. The van der Waals surface area contributed by atoms with Crippen molar-refractivity contribution in [1.29, 1.82) is 0 Å². The summed E-state index contributed by atoms with van der Waals surface area (Å²) in [6.07, 6.45) is 3.20. The summed E-state index contributed by atoms with van der Waals surface area (Å²) >= 11 is 1.95. The highest BCUT2D eigenvalue weighted by Gasteiger charge is 2.17. The molecule has 2 heterocycles. The van der Waals surface area contributed by atoms with Gasteiger partial charge in [0.05, 0.1) is 6.20 Å². The number of thioether (sulfide) groups is 1. The molecule has 18 heavy (non-hydrogen) atoms. The number of ether oxygens (including phenoxy) is 1. The minimum atomic E-state index is 0.340. The second kappa shape index (κ2) is 4.94. The Balaban J connectivity index is 1.82. The minimum Gasteiger partial charge on any atom is -0.490 e. The van der Waals surface area contributed by atoms with Crippen LogP contribution in [0.25, 0.3) is 11.1 Å². The lowest BCUT2D eigenvalue weighted by atomic mass is 10.1. The molecule has 0 radical (unpaired) electrons. The van der Waals surface area contributed by atoms with Crippen LogP contribution in [-0.4, -0.2) is 27.8 Å². The first kappa shape index (κ1) is 11.5. The molecule has 3 rings (SSSR count). The lowest BCUT2D eigenvalue weighted by Crippen LogP contribution is -2.14. The number of nitrogen functional groups attached to an aromatic ring is 1. The Morgan fingerprint density at radius 1 is 1.44 bits per heavy atom. The molecule has 3 N–H and O–H groups in total. The van der Waals surface area contributed by atoms with E-state index in [9.17, 15) is 0 Å².